The second-order valence-electron chi connectivity index (χ2n) is 5.53. The lowest BCUT2D eigenvalue weighted by Gasteiger charge is -2.37. The van der Waals surface area contributed by atoms with E-state index in [0.29, 0.717) is 5.92 Å². The number of aryl methyl sites for hydroxylation is 2. The second-order valence-corrected chi connectivity index (χ2v) is 5.53. The van der Waals surface area contributed by atoms with E-state index in [1.807, 2.05) is 11.6 Å². The monoisotopic (exact) mass is 266 g/mol. The largest absolute Gasteiger partial charge is 0.394 e. The fraction of sp³-hybridized carbons (Fsp3) is 0.786. The third-order valence-electron chi connectivity index (χ3n) is 4.07. The van der Waals surface area contributed by atoms with Gasteiger partial charge in [-0.25, -0.2) is 4.68 Å². The molecule has 0 saturated carbocycles. The Morgan fingerprint density at radius 3 is 2.84 bits per heavy atom. The van der Waals surface area contributed by atoms with Crippen molar-refractivity contribution in [2.45, 2.75) is 46.3 Å². The van der Waals surface area contributed by atoms with Gasteiger partial charge in [0.25, 0.3) is 0 Å². The molecular formula is C14H26N4O. The maximum Gasteiger partial charge on any atom is 0.150 e. The summed E-state index contributed by atoms with van der Waals surface area (Å²) < 4.78 is 7.64. The number of nitrogen functional groups attached to an aromatic ring is 1. The topological polar surface area (TPSA) is 56.3 Å². The molecule has 1 aromatic rings. The third-order valence-corrected chi connectivity index (χ3v) is 4.07. The minimum absolute atomic E-state index is 0.276. The molecule has 2 atom stereocenters. The van der Waals surface area contributed by atoms with Crippen LogP contribution in [0.5, 0.6) is 0 Å². The van der Waals surface area contributed by atoms with Gasteiger partial charge in [0.1, 0.15) is 0 Å². The van der Waals surface area contributed by atoms with Crippen molar-refractivity contribution < 1.29 is 4.74 Å². The Kier molecular flexibility index (Phi) is 4.34. The standard InChI is InChI=1S/C14H26N4O/c1-5-7-18-14(13(15)11(3)16-18)17-8-6-10(2)12(9-17)19-4/h10,12H,5-9,15H2,1-4H3. The van der Waals surface area contributed by atoms with Gasteiger partial charge in [0, 0.05) is 26.7 Å². The summed E-state index contributed by atoms with van der Waals surface area (Å²) in [4.78, 5) is 2.33. The Morgan fingerprint density at radius 2 is 2.21 bits per heavy atom. The number of hydrogen-bond donors (Lipinski definition) is 1. The third kappa shape index (κ3) is 2.71. The second kappa shape index (κ2) is 5.82. The summed E-state index contributed by atoms with van der Waals surface area (Å²) in [5.74, 6) is 1.68. The molecule has 0 amide bonds. The number of aromatic nitrogens is 2. The van der Waals surface area contributed by atoms with E-state index >= 15 is 0 Å². The molecule has 108 valence electrons. The summed E-state index contributed by atoms with van der Waals surface area (Å²) in [5.41, 5.74) is 7.96. The Hall–Kier alpha value is -1.23. The Morgan fingerprint density at radius 1 is 1.47 bits per heavy atom. The van der Waals surface area contributed by atoms with E-state index in [4.69, 9.17) is 10.5 Å². The molecule has 2 rings (SSSR count). The van der Waals surface area contributed by atoms with E-state index in [-0.39, 0.29) is 6.10 Å². The van der Waals surface area contributed by atoms with Gasteiger partial charge in [-0.1, -0.05) is 13.8 Å². The van der Waals surface area contributed by atoms with Crippen LogP contribution >= 0.6 is 0 Å². The number of methoxy groups -OCH3 is 1. The van der Waals surface area contributed by atoms with Crippen molar-refractivity contribution in [1.82, 2.24) is 9.78 Å². The van der Waals surface area contributed by atoms with Gasteiger partial charge in [0.15, 0.2) is 5.82 Å². The van der Waals surface area contributed by atoms with Crippen molar-refractivity contribution >= 4 is 11.5 Å². The molecule has 0 spiro atoms. The first kappa shape index (κ1) is 14.2. The van der Waals surface area contributed by atoms with Gasteiger partial charge >= 0.3 is 0 Å². The van der Waals surface area contributed by atoms with Crippen LogP contribution in [0.3, 0.4) is 0 Å². The van der Waals surface area contributed by atoms with Crippen LogP contribution in [0.15, 0.2) is 0 Å². The number of ether oxygens (including phenoxy) is 1. The Bertz CT molecular complexity index is 429. The molecule has 0 aromatic carbocycles. The van der Waals surface area contributed by atoms with Gasteiger partial charge in [-0.05, 0) is 25.7 Å². The highest BCUT2D eigenvalue weighted by Crippen LogP contribution is 2.31. The summed E-state index contributed by atoms with van der Waals surface area (Å²) >= 11 is 0. The van der Waals surface area contributed by atoms with Crippen LogP contribution in [0.25, 0.3) is 0 Å². The molecular weight excluding hydrogens is 240 g/mol. The predicted molar refractivity (Wildman–Crippen MR) is 78.5 cm³/mol. The number of piperidine rings is 1. The number of hydrogen-bond acceptors (Lipinski definition) is 4. The summed E-state index contributed by atoms with van der Waals surface area (Å²) in [6, 6.07) is 0. The first-order valence-corrected chi connectivity index (χ1v) is 7.19. The van der Waals surface area contributed by atoms with Gasteiger partial charge in [-0.3, -0.25) is 0 Å². The average molecular weight is 266 g/mol. The summed E-state index contributed by atoms with van der Waals surface area (Å²) in [5, 5.41) is 4.55. The van der Waals surface area contributed by atoms with Gasteiger partial charge in [0.05, 0.1) is 17.5 Å². The van der Waals surface area contributed by atoms with Crippen LogP contribution in [0.2, 0.25) is 0 Å². The number of anilines is 2. The molecule has 0 radical (unpaired) electrons. The van der Waals surface area contributed by atoms with Crippen LogP contribution in [-0.2, 0) is 11.3 Å². The van der Waals surface area contributed by atoms with Gasteiger partial charge < -0.3 is 15.4 Å². The van der Waals surface area contributed by atoms with Crippen LogP contribution < -0.4 is 10.6 Å². The van der Waals surface area contributed by atoms with Gasteiger partial charge in [0.2, 0.25) is 0 Å². The van der Waals surface area contributed by atoms with E-state index in [0.717, 1.165) is 49.7 Å². The van der Waals surface area contributed by atoms with Crippen molar-refractivity contribution in [1.29, 1.82) is 0 Å². The average Bonchev–Trinajstić information content (AvgIpc) is 2.67. The molecule has 1 aromatic heterocycles. The zero-order valence-corrected chi connectivity index (χ0v) is 12.5. The molecule has 1 aliphatic heterocycles. The zero-order valence-electron chi connectivity index (χ0n) is 12.5. The van der Waals surface area contributed by atoms with E-state index in [1.165, 1.54) is 0 Å². The highest BCUT2D eigenvalue weighted by Gasteiger charge is 2.29. The normalized spacial score (nSPS) is 23.9. The number of nitrogens with zero attached hydrogens (tertiary/aromatic N) is 3. The van der Waals surface area contributed by atoms with Gasteiger partial charge in [-0.15, -0.1) is 0 Å². The fourth-order valence-electron chi connectivity index (χ4n) is 2.82. The quantitative estimate of drug-likeness (QED) is 0.906. The minimum Gasteiger partial charge on any atom is -0.394 e. The first-order chi connectivity index (χ1) is 9.08. The molecule has 1 aliphatic rings. The van der Waals surface area contributed by atoms with Crippen molar-refractivity contribution in [2.75, 3.05) is 30.8 Å². The number of rotatable bonds is 4. The first-order valence-electron chi connectivity index (χ1n) is 7.19. The maximum absolute atomic E-state index is 6.22. The van der Waals surface area contributed by atoms with Crippen LogP contribution in [0.4, 0.5) is 11.5 Å². The highest BCUT2D eigenvalue weighted by atomic mass is 16.5. The fourth-order valence-corrected chi connectivity index (χ4v) is 2.82. The van der Waals surface area contributed by atoms with Crippen molar-refractivity contribution in [3.05, 3.63) is 5.69 Å². The summed E-state index contributed by atoms with van der Waals surface area (Å²) in [6.07, 6.45) is 2.47. The van der Waals surface area contributed by atoms with Crippen molar-refractivity contribution in [2.24, 2.45) is 5.92 Å². The molecule has 2 N–H and O–H groups in total. The smallest absolute Gasteiger partial charge is 0.150 e. The molecule has 0 bridgehead atoms. The molecule has 1 saturated heterocycles. The Balaban J connectivity index is 2.25. The predicted octanol–water partition coefficient (Wildman–Crippen LogP) is 2.04. The van der Waals surface area contributed by atoms with Crippen molar-refractivity contribution in [3.63, 3.8) is 0 Å². The zero-order chi connectivity index (χ0) is 14.0. The molecule has 1 fully saturated rings. The Labute approximate surface area is 115 Å². The van der Waals surface area contributed by atoms with E-state index in [2.05, 4.69) is 23.8 Å². The van der Waals surface area contributed by atoms with Gasteiger partial charge in [-0.2, -0.15) is 5.10 Å². The SMILES string of the molecule is CCCn1nc(C)c(N)c1N1CCC(C)C(OC)C1. The van der Waals surface area contributed by atoms with E-state index in [9.17, 15) is 0 Å². The lowest BCUT2D eigenvalue weighted by Crippen LogP contribution is -2.45. The molecule has 5 heteroatoms. The maximum atomic E-state index is 6.22. The lowest BCUT2D eigenvalue weighted by atomic mass is 9.96. The number of nitrogens with two attached hydrogens (primary N) is 1. The molecule has 0 aliphatic carbocycles. The molecule has 19 heavy (non-hydrogen) atoms. The van der Waals surface area contributed by atoms with Crippen LogP contribution in [0, 0.1) is 12.8 Å². The van der Waals surface area contributed by atoms with Crippen molar-refractivity contribution in [3.8, 4) is 0 Å². The van der Waals surface area contributed by atoms with Crippen LogP contribution in [-0.4, -0.2) is 36.1 Å². The summed E-state index contributed by atoms with van der Waals surface area (Å²) in [6.45, 7) is 9.23. The van der Waals surface area contributed by atoms with E-state index in [1.54, 1.807) is 7.11 Å². The highest BCUT2D eigenvalue weighted by molar-refractivity contribution is 5.66. The molecule has 2 unspecified atom stereocenters. The molecule has 5 nitrogen and oxygen atoms in total. The lowest BCUT2D eigenvalue weighted by molar-refractivity contribution is 0.0494. The van der Waals surface area contributed by atoms with Crippen LogP contribution in [0.1, 0.15) is 32.4 Å². The minimum atomic E-state index is 0.276. The summed E-state index contributed by atoms with van der Waals surface area (Å²) in [7, 11) is 1.79. The van der Waals surface area contributed by atoms with E-state index < -0.39 is 0 Å². The molecule has 2 heterocycles.